The average Bonchev–Trinajstić information content (AvgIpc) is 3.26. The molecule has 0 spiro atoms. The van der Waals surface area contributed by atoms with E-state index in [2.05, 4.69) is 5.32 Å². The second kappa shape index (κ2) is 11.6. The van der Waals surface area contributed by atoms with Gasteiger partial charge in [-0.2, -0.15) is 0 Å². The standard InChI is InChI=1S/C23H26FN3O7S/c1-3-23(4-2,22(33)27-15(20(30)31)10-18(28)29)11-13-6-8-17(35-13)21(32)34-16-7-5-12(19(25)26)9-14(16)24/h5-9,15H,3-4,10-11H2,1-2H3,(H3,25,26)(H,27,33)(H,28,29)(H,30,31). The highest BCUT2D eigenvalue weighted by Crippen LogP contribution is 2.34. The first-order valence-corrected chi connectivity index (χ1v) is 11.4. The van der Waals surface area contributed by atoms with Crippen molar-refractivity contribution in [1.82, 2.24) is 5.32 Å². The Morgan fingerprint density at radius 2 is 1.83 bits per heavy atom. The van der Waals surface area contributed by atoms with Crippen LogP contribution < -0.4 is 15.8 Å². The van der Waals surface area contributed by atoms with E-state index < -0.39 is 47.5 Å². The fraction of sp³-hybridized carbons (Fsp3) is 0.348. The van der Waals surface area contributed by atoms with Crippen LogP contribution >= 0.6 is 11.3 Å². The lowest BCUT2D eigenvalue weighted by Crippen LogP contribution is -2.49. The SMILES string of the molecule is CCC(CC)(Cc1ccc(C(=O)Oc2ccc(C(=N)N)cc2F)s1)C(=O)NC(CC(=O)O)C(=O)O. The molecule has 1 heterocycles. The third-order valence-corrected chi connectivity index (χ3v) is 6.70. The van der Waals surface area contributed by atoms with Crippen molar-refractivity contribution in [3.05, 3.63) is 51.5 Å². The normalized spacial score (nSPS) is 12.0. The molecule has 0 radical (unpaired) electrons. The van der Waals surface area contributed by atoms with Crippen molar-refractivity contribution in [1.29, 1.82) is 5.41 Å². The molecule has 0 fully saturated rings. The highest BCUT2D eigenvalue weighted by molar-refractivity contribution is 7.14. The molecule has 1 atom stereocenters. The number of carbonyl (C=O) groups excluding carboxylic acids is 2. The highest BCUT2D eigenvalue weighted by Gasteiger charge is 2.38. The molecule has 1 unspecified atom stereocenters. The summed E-state index contributed by atoms with van der Waals surface area (Å²) in [6.07, 6.45) is 0.0780. The number of nitrogens with one attached hydrogen (secondary N) is 2. The Morgan fingerprint density at radius 3 is 2.34 bits per heavy atom. The fourth-order valence-corrected chi connectivity index (χ4v) is 4.43. The van der Waals surface area contributed by atoms with Crippen molar-refractivity contribution in [2.24, 2.45) is 11.1 Å². The first-order chi connectivity index (χ1) is 16.4. The van der Waals surface area contributed by atoms with E-state index in [0.29, 0.717) is 17.7 Å². The second-order valence-corrected chi connectivity index (χ2v) is 9.01. The number of hydrogen-bond donors (Lipinski definition) is 5. The van der Waals surface area contributed by atoms with Crippen molar-refractivity contribution < 1.29 is 38.5 Å². The van der Waals surface area contributed by atoms with Gasteiger partial charge in [-0.15, -0.1) is 11.3 Å². The minimum absolute atomic E-state index is 0.142. The van der Waals surface area contributed by atoms with Gasteiger partial charge in [-0.3, -0.25) is 15.0 Å². The molecule has 0 saturated heterocycles. The zero-order valence-electron chi connectivity index (χ0n) is 19.1. The van der Waals surface area contributed by atoms with Gasteiger partial charge in [-0.25, -0.2) is 14.0 Å². The maximum Gasteiger partial charge on any atom is 0.353 e. The number of hydrogen-bond acceptors (Lipinski definition) is 7. The number of amidine groups is 1. The number of aliphatic carboxylic acids is 2. The molecule has 0 aliphatic carbocycles. The van der Waals surface area contributed by atoms with E-state index >= 15 is 0 Å². The number of thiophene rings is 1. The Morgan fingerprint density at radius 1 is 1.17 bits per heavy atom. The van der Waals surface area contributed by atoms with E-state index in [4.69, 9.17) is 21.0 Å². The second-order valence-electron chi connectivity index (χ2n) is 7.84. The minimum Gasteiger partial charge on any atom is -0.481 e. The number of nitrogen functional groups attached to an aromatic ring is 1. The Bertz CT molecular complexity index is 1140. The molecule has 12 heteroatoms. The van der Waals surface area contributed by atoms with Gasteiger partial charge in [-0.05, 0) is 49.6 Å². The summed E-state index contributed by atoms with van der Waals surface area (Å²) in [6.45, 7) is 3.51. The van der Waals surface area contributed by atoms with Crippen LogP contribution in [0.15, 0.2) is 30.3 Å². The van der Waals surface area contributed by atoms with Crippen LogP contribution in [-0.2, 0) is 20.8 Å². The zero-order chi connectivity index (χ0) is 26.3. The summed E-state index contributed by atoms with van der Waals surface area (Å²) in [6, 6.07) is 5.04. The first kappa shape index (κ1) is 27.4. The van der Waals surface area contributed by atoms with Gasteiger partial charge in [-0.1, -0.05) is 13.8 Å². The van der Waals surface area contributed by atoms with Crippen LogP contribution in [0.1, 0.15) is 53.2 Å². The van der Waals surface area contributed by atoms with E-state index in [1.807, 2.05) is 0 Å². The number of carboxylic acids is 2. The summed E-state index contributed by atoms with van der Waals surface area (Å²) in [5.41, 5.74) is 4.42. The van der Waals surface area contributed by atoms with Crippen LogP contribution in [0.3, 0.4) is 0 Å². The molecule has 1 aromatic carbocycles. The van der Waals surface area contributed by atoms with Crippen molar-refractivity contribution >= 4 is 41.0 Å². The molecule has 6 N–H and O–H groups in total. The summed E-state index contributed by atoms with van der Waals surface area (Å²) < 4.78 is 19.3. The van der Waals surface area contributed by atoms with Crippen LogP contribution in [0.5, 0.6) is 5.75 Å². The lowest BCUT2D eigenvalue weighted by Gasteiger charge is -2.31. The summed E-state index contributed by atoms with van der Waals surface area (Å²) in [5.74, 6) is -5.74. The molecule has 10 nitrogen and oxygen atoms in total. The fourth-order valence-electron chi connectivity index (χ4n) is 3.40. The Balaban J connectivity index is 2.18. The number of carbonyl (C=O) groups is 4. The van der Waals surface area contributed by atoms with Gasteiger partial charge in [0.25, 0.3) is 0 Å². The van der Waals surface area contributed by atoms with Gasteiger partial charge in [0.2, 0.25) is 5.91 Å². The molecule has 1 amide bonds. The molecular formula is C23H26FN3O7S. The average molecular weight is 508 g/mol. The Kier molecular flexibility index (Phi) is 9.06. The predicted molar refractivity (Wildman–Crippen MR) is 125 cm³/mol. The third kappa shape index (κ3) is 6.85. The van der Waals surface area contributed by atoms with E-state index in [9.17, 15) is 28.7 Å². The maximum atomic E-state index is 14.2. The number of amides is 1. The van der Waals surface area contributed by atoms with Gasteiger partial charge >= 0.3 is 17.9 Å². The van der Waals surface area contributed by atoms with E-state index in [1.165, 1.54) is 18.2 Å². The molecule has 1 aromatic heterocycles. The van der Waals surface area contributed by atoms with Crippen LogP contribution in [0.2, 0.25) is 0 Å². The number of ether oxygens (including phenoxy) is 1. The van der Waals surface area contributed by atoms with E-state index in [1.54, 1.807) is 19.9 Å². The smallest absolute Gasteiger partial charge is 0.353 e. The Labute approximate surface area is 204 Å². The molecular weight excluding hydrogens is 481 g/mol. The van der Waals surface area contributed by atoms with Crippen molar-refractivity contribution in [3.63, 3.8) is 0 Å². The van der Waals surface area contributed by atoms with Crippen LogP contribution in [0.4, 0.5) is 4.39 Å². The largest absolute Gasteiger partial charge is 0.481 e. The quantitative estimate of drug-likeness (QED) is 0.126. The molecule has 2 rings (SSSR count). The van der Waals surface area contributed by atoms with Gasteiger partial charge in [0.1, 0.15) is 16.8 Å². The lowest BCUT2D eigenvalue weighted by atomic mass is 9.77. The van der Waals surface area contributed by atoms with Crippen LogP contribution in [0.25, 0.3) is 0 Å². The lowest BCUT2D eigenvalue weighted by molar-refractivity contribution is -0.148. The first-order valence-electron chi connectivity index (χ1n) is 10.6. The summed E-state index contributed by atoms with van der Waals surface area (Å²) >= 11 is 1.04. The maximum absolute atomic E-state index is 14.2. The topological polar surface area (TPSA) is 180 Å². The Hall–Kier alpha value is -3.80. The van der Waals surface area contributed by atoms with Gasteiger partial charge in [0.15, 0.2) is 11.6 Å². The monoisotopic (exact) mass is 507 g/mol. The number of benzene rings is 1. The van der Waals surface area contributed by atoms with Crippen molar-refractivity contribution in [3.8, 4) is 5.75 Å². The third-order valence-electron chi connectivity index (χ3n) is 5.64. The number of carboxylic acid groups (broad SMARTS) is 2. The van der Waals surface area contributed by atoms with E-state index in [-0.39, 0.29) is 28.4 Å². The molecule has 0 bridgehead atoms. The minimum atomic E-state index is -1.57. The van der Waals surface area contributed by atoms with Crippen molar-refractivity contribution in [2.75, 3.05) is 0 Å². The number of esters is 1. The summed E-state index contributed by atoms with van der Waals surface area (Å²) in [4.78, 5) is 48.6. The molecule has 0 aliphatic heterocycles. The van der Waals surface area contributed by atoms with Crippen LogP contribution in [-0.4, -0.2) is 45.9 Å². The number of halogens is 1. The van der Waals surface area contributed by atoms with Gasteiger partial charge in [0.05, 0.1) is 11.8 Å². The zero-order valence-corrected chi connectivity index (χ0v) is 19.9. The molecule has 0 saturated carbocycles. The van der Waals surface area contributed by atoms with E-state index in [0.717, 1.165) is 17.4 Å². The summed E-state index contributed by atoms with van der Waals surface area (Å²) in [7, 11) is 0. The van der Waals surface area contributed by atoms with Crippen molar-refractivity contribution in [2.45, 2.75) is 45.6 Å². The highest BCUT2D eigenvalue weighted by atomic mass is 32.1. The number of rotatable bonds is 12. The predicted octanol–water partition coefficient (Wildman–Crippen LogP) is 2.78. The van der Waals surface area contributed by atoms with Gasteiger partial charge in [0, 0.05) is 10.4 Å². The summed E-state index contributed by atoms with van der Waals surface area (Å²) in [5, 5.41) is 27.8. The molecule has 0 aliphatic rings. The van der Waals surface area contributed by atoms with Gasteiger partial charge < -0.3 is 26.0 Å². The number of nitrogens with two attached hydrogens (primary N) is 1. The van der Waals surface area contributed by atoms with Crippen LogP contribution in [0, 0.1) is 16.6 Å². The molecule has 188 valence electrons. The molecule has 35 heavy (non-hydrogen) atoms. The molecule has 2 aromatic rings.